The normalized spacial score (nSPS) is 15.8. The molecular formula is C30H26ClN3O2. The third kappa shape index (κ3) is 4.42. The molecule has 1 saturated heterocycles. The smallest absolute Gasteiger partial charge is 0.227 e. The quantitative estimate of drug-likeness (QED) is 0.232. The molecule has 0 radical (unpaired) electrons. The number of rotatable bonds is 7. The first-order chi connectivity index (χ1) is 17.7. The number of amides is 1. The molecule has 2 heterocycles. The molecule has 0 spiro atoms. The van der Waals surface area contributed by atoms with Crippen LogP contribution >= 0.6 is 11.6 Å². The summed E-state index contributed by atoms with van der Waals surface area (Å²) in [6.07, 6.45) is 1.28. The molecule has 1 unspecified atom stereocenters. The number of hydrogen-bond donors (Lipinski definition) is 0. The minimum absolute atomic E-state index is 0.0296. The Bertz CT molecular complexity index is 1540. The average Bonchev–Trinajstić information content (AvgIpc) is 3.47. The summed E-state index contributed by atoms with van der Waals surface area (Å²) in [7, 11) is 0. The number of ether oxygens (including phenoxy) is 1. The fraction of sp³-hybridized carbons (Fsp3) is 0.200. The molecule has 1 fully saturated rings. The van der Waals surface area contributed by atoms with Gasteiger partial charge in [0.05, 0.1) is 17.6 Å². The second-order valence-electron chi connectivity index (χ2n) is 9.20. The number of aromatic nitrogens is 2. The van der Waals surface area contributed by atoms with Gasteiger partial charge in [-0.2, -0.15) is 0 Å². The number of benzene rings is 4. The highest BCUT2D eigenvalue weighted by Gasteiger charge is 2.34. The summed E-state index contributed by atoms with van der Waals surface area (Å²) in [5.74, 6) is 1.98. The van der Waals surface area contributed by atoms with Gasteiger partial charge in [0.2, 0.25) is 5.91 Å². The van der Waals surface area contributed by atoms with Crippen molar-refractivity contribution in [3.05, 3.63) is 102 Å². The average molecular weight is 496 g/mol. The van der Waals surface area contributed by atoms with Crippen molar-refractivity contribution in [1.29, 1.82) is 0 Å². The van der Waals surface area contributed by atoms with Crippen LogP contribution in [-0.2, 0) is 11.3 Å². The van der Waals surface area contributed by atoms with Gasteiger partial charge in [0.25, 0.3) is 0 Å². The van der Waals surface area contributed by atoms with Crippen molar-refractivity contribution >= 4 is 45.0 Å². The number of anilines is 1. The number of aryl methyl sites for hydroxylation is 1. The van der Waals surface area contributed by atoms with Crippen LogP contribution in [-0.4, -0.2) is 28.6 Å². The number of hydrogen-bond acceptors (Lipinski definition) is 3. The van der Waals surface area contributed by atoms with E-state index in [0.29, 0.717) is 24.6 Å². The summed E-state index contributed by atoms with van der Waals surface area (Å²) >= 11 is 6.04. The lowest BCUT2D eigenvalue weighted by Gasteiger charge is -2.17. The molecular weight excluding hydrogens is 470 g/mol. The zero-order valence-electron chi connectivity index (χ0n) is 19.8. The second kappa shape index (κ2) is 9.67. The van der Waals surface area contributed by atoms with Crippen LogP contribution in [0.1, 0.15) is 24.6 Å². The van der Waals surface area contributed by atoms with Gasteiger partial charge in [-0.3, -0.25) is 4.79 Å². The first-order valence-corrected chi connectivity index (χ1v) is 12.7. The Morgan fingerprint density at radius 3 is 2.56 bits per heavy atom. The molecule has 0 bridgehead atoms. The number of fused-ring (bicyclic) bond motifs is 2. The molecule has 4 aromatic carbocycles. The molecule has 5 nitrogen and oxygen atoms in total. The summed E-state index contributed by atoms with van der Waals surface area (Å²) < 4.78 is 8.35. The van der Waals surface area contributed by atoms with E-state index in [1.54, 1.807) is 0 Å². The van der Waals surface area contributed by atoms with Gasteiger partial charge in [0.15, 0.2) is 0 Å². The van der Waals surface area contributed by atoms with E-state index in [1.165, 1.54) is 10.8 Å². The highest BCUT2D eigenvalue weighted by Crippen LogP contribution is 2.34. The molecule has 1 aliphatic rings. The van der Waals surface area contributed by atoms with Gasteiger partial charge in [0, 0.05) is 36.1 Å². The maximum absolute atomic E-state index is 12.9. The van der Waals surface area contributed by atoms with Crippen LogP contribution in [0.2, 0.25) is 5.02 Å². The zero-order valence-corrected chi connectivity index (χ0v) is 20.6. The fourth-order valence-electron chi connectivity index (χ4n) is 5.06. The summed E-state index contributed by atoms with van der Waals surface area (Å²) in [6, 6.07) is 30.1. The molecule has 1 aromatic heterocycles. The molecule has 1 amide bonds. The zero-order chi connectivity index (χ0) is 24.5. The molecule has 6 heteroatoms. The van der Waals surface area contributed by atoms with E-state index in [0.717, 1.165) is 41.3 Å². The molecule has 0 saturated carbocycles. The molecule has 0 N–H and O–H groups in total. The number of nitrogens with zero attached hydrogens (tertiary/aromatic N) is 3. The van der Waals surface area contributed by atoms with E-state index in [4.69, 9.17) is 21.3 Å². The fourth-order valence-corrected chi connectivity index (χ4v) is 5.19. The van der Waals surface area contributed by atoms with Gasteiger partial charge in [-0.05, 0) is 65.7 Å². The van der Waals surface area contributed by atoms with E-state index >= 15 is 0 Å². The molecule has 0 aliphatic carbocycles. The SMILES string of the molecule is O=C1CC(c2nc3ccccc3n2CCCOc2ccc3ccccc3c2)CN1c1ccc(Cl)cc1. The van der Waals surface area contributed by atoms with Crippen LogP contribution in [0, 0.1) is 0 Å². The maximum atomic E-state index is 12.9. The lowest BCUT2D eigenvalue weighted by atomic mass is 10.1. The Hall–Kier alpha value is -3.83. The van der Waals surface area contributed by atoms with E-state index < -0.39 is 0 Å². The van der Waals surface area contributed by atoms with Gasteiger partial charge in [-0.1, -0.05) is 54.1 Å². The van der Waals surface area contributed by atoms with Gasteiger partial charge < -0.3 is 14.2 Å². The van der Waals surface area contributed by atoms with Crippen LogP contribution in [0.3, 0.4) is 0 Å². The predicted octanol–water partition coefficient (Wildman–Crippen LogP) is 6.83. The third-order valence-corrected chi connectivity index (χ3v) is 7.08. The van der Waals surface area contributed by atoms with Crippen LogP contribution < -0.4 is 9.64 Å². The second-order valence-corrected chi connectivity index (χ2v) is 9.64. The highest BCUT2D eigenvalue weighted by atomic mass is 35.5. The molecule has 1 aliphatic heterocycles. The van der Waals surface area contributed by atoms with Crippen molar-refractivity contribution in [3.8, 4) is 5.75 Å². The molecule has 1 atom stereocenters. The lowest BCUT2D eigenvalue weighted by Crippen LogP contribution is -2.24. The van der Waals surface area contributed by atoms with Crippen molar-refractivity contribution in [2.24, 2.45) is 0 Å². The van der Waals surface area contributed by atoms with Crippen molar-refractivity contribution < 1.29 is 9.53 Å². The Morgan fingerprint density at radius 2 is 1.69 bits per heavy atom. The number of carbonyl (C=O) groups is 1. The van der Waals surface area contributed by atoms with Crippen molar-refractivity contribution in [1.82, 2.24) is 9.55 Å². The number of imidazole rings is 1. The highest BCUT2D eigenvalue weighted by molar-refractivity contribution is 6.30. The minimum Gasteiger partial charge on any atom is -0.494 e. The minimum atomic E-state index is 0.0296. The van der Waals surface area contributed by atoms with Crippen molar-refractivity contribution in [2.45, 2.75) is 25.3 Å². The predicted molar refractivity (Wildman–Crippen MR) is 145 cm³/mol. The third-order valence-electron chi connectivity index (χ3n) is 6.83. The molecule has 6 rings (SSSR count). The summed E-state index contributed by atoms with van der Waals surface area (Å²) in [5, 5.41) is 3.04. The Labute approximate surface area is 214 Å². The Balaban J connectivity index is 1.19. The van der Waals surface area contributed by atoms with Gasteiger partial charge in [-0.25, -0.2) is 4.98 Å². The summed E-state index contributed by atoms with van der Waals surface area (Å²) in [4.78, 5) is 19.7. The van der Waals surface area contributed by atoms with E-state index in [1.807, 2.05) is 65.6 Å². The first kappa shape index (κ1) is 22.6. The van der Waals surface area contributed by atoms with E-state index in [9.17, 15) is 4.79 Å². The topological polar surface area (TPSA) is 47.4 Å². The molecule has 180 valence electrons. The lowest BCUT2D eigenvalue weighted by molar-refractivity contribution is -0.117. The maximum Gasteiger partial charge on any atom is 0.227 e. The van der Waals surface area contributed by atoms with Crippen molar-refractivity contribution in [3.63, 3.8) is 0 Å². The van der Waals surface area contributed by atoms with Gasteiger partial charge >= 0.3 is 0 Å². The van der Waals surface area contributed by atoms with Crippen LogP contribution in [0.5, 0.6) is 5.75 Å². The Kier molecular flexibility index (Phi) is 6.08. The van der Waals surface area contributed by atoms with Crippen molar-refractivity contribution in [2.75, 3.05) is 18.1 Å². The van der Waals surface area contributed by atoms with Gasteiger partial charge in [-0.15, -0.1) is 0 Å². The van der Waals surface area contributed by atoms with E-state index in [2.05, 4.69) is 34.9 Å². The largest absolute Gasteiger partial charge is 0.494 e. The van der Waals surface area contributed by atoms with Crippen LogP contribution in [0.15, 0.2) is 91.0 Å². The van der Waals surface area contributed by atoms with Crippen LogP contribution in [0.4, 0.5) is 5.69 Å². The monoisotopic (exact) mass is 495 g/mol. The number of halogens is 1. The standard InChI is InChI=1S/C30H26ClN3O2/c31-24-11-13-25(14-12-24)34-20-23(19-29(34)35)30-32-27-8-3-4-9-28(27)33(30)16-5-17-36-26-15-10-21-6-1-2-7-22(21)18-26/h1-4,6-15,18,23H,5,16-17,19-20H2. The Morgan fingerprint density at radius 1 is 0.917 bits per heavy atom. The van der Waals surface area contributed by atoms with Crippen LogP contribution in [0.25, 0.3) is 21.8 Å². The number of carbonyl (C=O) groups excluding carboxylic acids is 1. The molecule has 36 heavy (non-hydrogen) atoms. The van der Waals surface area contributed by atoms with E-state index in [-0.39, 0.29) is 11.8 Å². The molecule has 5 aromatic rings. The first-order valence-electron chi connectivity index (χ1n) is 12.3. The van der Waals surface area contributed by atoms with Gasteiger partial charge in [0.1, 0.15) is 11.6 Å². The summed E-state index contributed by atoms with van der Waals surface area (Å²) in [5.41, 5.74) is 2.93. The number of para-hydroxylation sites is 2. The summed E-state index contributed by atoms with van der Waals surface area (Å²) in [6.45, 7) is 1.98.